The third kappa shape index (κ3) is 1.69. The van der Waals surface area contributed by atoms with E-state index in [2.05, 4.69) is 24.9 Å². The van der Waals surface area contributed by atoms with Gasteiger partial charge in [-0.25, -0.2) is 4.98 Å². The van der Waals surface area contributed by atoms with Gasteiger partial charge in [0, 0.05) is 11.6 Å². The van der Waals surface area contributed by atoms with Crippen LogP contribution in [0.25, 0.3) is 10.8 Å². The van der Waals surface area contributed by atoms with Crippen molar-refractivity contribution in [2.24, 2.45) is 0 Å². The van der Waals surface area contributed by atoms with Gasteiger partial charge in [-0.2, -0.15) is 0 Å². The zero-order valence-corrected chi connectivity index (χ0v) is 9.82. The molecule has 0 bridgehead atoms. The molecule has 0 aliphatic rings. The summed E-state index contributed by atoms with van der Waals surface area (Å²) in [5.74, 6) is 1.88. The zero-order chi connectivity index (χ0) is 11.7. The molecule has 1 aromatic carbocycles. The van der Waals surface area contributed by atoms with Crippen LogP contribution in [-0.4, -0.2) is 12.1 Å². The first kappa shape index (κ1) is 10.7. The van der Waals surface area contributed by atoms with Gasteiger partial charge in [0.25, 0.3) is 0 Å². The van der Waals surface area contributed by atoms with E-state index in [9.17, 15) is 0 Å². The predicted molar refractivity (Wildman–Crippen MR) is 66.8 cm³/mol. The number of rotatable bonds is 2. The van der Waals surface area contributed by atoms with E-state index in [4.69, 9.17) is 10.5 Å². The molecule has 3 heteroatoms. The number of nitrogen functional groups attached to an aromatic ring is 1. The molecular formula is C13H16N2O. The van der Waals surface area contributed by atoms with E-state index in [-0.39, 0.29) is 0 Å². The number of methoxy groups -OCH3 is 1. The highest BCUT2D eigenvalue weighted by Crippen LogP contribution is 2.32. The second-order valence-corrected chi connectivity index (χ2v) is 4.17. The molecule has 0 saturated heterocycles. The van der Waals surface area contributed by atoms with E-state index in [1.165, 1.54) is 0 Å². The summed E-state index contributed by atoms with van der Waals surface area (Å²) in [6.45, 7) is 4.27. The van der Waals surface area contributed by atoms with E-state index in [1.807, 2.05) is 12.1 Å². The summed E-state index contributed by atoms with van der Waals surface area (Å²) in [5, 5.41) is 2.06. The second kappa shape index (κ2) is 4.00. The maximum absolute atomic E-state index is 5.86. The monoisotopic (exact) mass is 216 g/mol. The Hall–Kier alpha value is -1.77. The van der Waals surface area contributed by atoms with E-state index < -0.39 is 0 Å². The molecule has 0 saturated carbocycles. The Labute approximate surface area is 95.2 Å². The topological polar surface area (TPSA) is 48.1 Å². The van der Waals surface area contributed by atoms with Crippen molar-refractivity contribution in [3.05, 3.63) is 30.0 Å². The first-order valence-corrected chi connectivity index (χ1v) is 5.35. The van der Waals surface area contributed by atoms with Gasteiger partial charge in [0.15, 0.2) is 0 Å². The second-order valence-electron chi connectivity index (χ2n) is 4.17. The largest absolute Gasteiger partial charge is 0.496 e. The average molecular weight is 216 g/mol. The lowest BCUT2D eigenvalue weighted by atomic mass is 9.98. The van der Waals surface area contributed by atoms with Crippen LogP contribution in [0.5, 0.6) is 5.75 Å². The van der Waals surface area contributed by atoms with E-state index in [0.29, 0.717) is 11.7 Å². The van der Waals surface area contributed by atoms with Gasteiger partial charge in [-0.05, 0) is 35.1 Å². The Bertz CT molecular complexity index is 521. The van der Waals surface area contributed by atoms with Crippen LogP contribution in [0.2, 0.25) is 0 Å². The highest BCUT2D eigenvalue weighted by molar-refractivity contribution is 5.92. The maximum Gasteiger partial charge on any atom is 0.131 e. The minimum absolute atomic E-state index is 0.402. The van der Waals surface area contributed by atoms with Crippen LogP contribution in [0.4, 0.5) is 5.82 Å². The molecule has 0 unspecified atom stereocenters. The first-order valence-electron chi connectivity index (χ1n) is 5.35. The fraction of sp³-hybridized carbons (Fsp3) is 0.308. The third-order valence-corrected chi connectivity index (χ3v) is 2.77. The molecule has 2 aromatic rings. The van der Waals surface area contributed by atoms with E-state index in [1.54, 1.807) is 13.3 Å². The molecule has 0 atom stereocenters. The molecular weight excluding hydrogens is 200 g/mol. The highest BCUT2D eigenvalue weighted by Gasteiger charge is 2.10. The highest BCUT2D eigenvalue weighted by atomic mass is 16.5. The summed E-state index contributed by atoms with van der Waals surface area (Å²) in [7, 11) is 1.69. The third-order valence-electron chi connectivity index (χ3n) is 2.77. The smallest absolute Gasteiger partial charge is 0.131 e. The lowest BCUT2D eigenvalue weighted by Gasteiger charge is -2.13. The number of aromatic nitrogens is 1. The summed E-state index contributed by atoms with van der Waals surface area (Å²) in [6, 6.07) is 6.03. The lowest BCUT2D eigenvalue weighted by Crippen LogP contribution is -1.97. The number of nitrogens with zero attached hydrogens (tertiary/aromatic N) is 1. The molecule has 0 aliphatic carbocycles. The SMILES string of the molecule is COc1cc2ccnc(N)c2cc1C(C)C. The number of fused-ring (bicyclic) bond motifs is 1. The van der Waals surface area contributed by atoms with Crippen LogP contribution in [0.15, 0.2) is 24.4 Å². The van der Waals surface area contributed by atoms with Crippen LogP contribution >= 0.6 is 0 Å². The molecule has 0 amide bonds. The fourth-order valence-electron chi connectivity index (χ4n) is 1.87. The summed E-state index contributed by atoms with van der Waals surface area (Å²) in [4.78, 5) is 4.10. The number of pyridine rings is 1. The Morgan fingerprint density at radius 1 is 1.31 bits per heavy atom. The minimum atomic E-state index is 0.402. The maximum atomic E-state index is 5.86. The summed E-state index contributed by atoms with van der Waals surface area (Å²) < 4.78 is 5.39. The molecule has 16 heavy (non-hydrogen) atoms. The van der Waals surface area contributed by atoms with Gasteiger partial charge in [0.1, 0.15) is 11.6 Å². The van der Waals surface area contributed by atoms with Crippen LogP contribution in [0, 0.1) is 0 Å². The number of benzene rings is 1. The lowest BCUT2D eigenvalue weighted by molar-refractivity contribution is 0.408. The quantitative estimate of drug-likeness (QED) is 0.839. The Balaban J connectivity index is 2.76. The first-order chi connectivity index (χ1) is 7.63. The number of hydrogen-bond donors (Lipinski definition) is 1. The van der Waals surface area contributed by atoms with Crippen molar-refractivity contribution >= 4 is 16.6 Å². The zero-order valence-electron chi connectivity index (χ0n) is 9.82. The van der Waals surface area contributed by atoms with Gasteiger partial charge >= 0.3 is 0 Å². The van der Waals surface area contributed by atoms with Gasteiger partial charge in [-0.3, -0.25) is 0 Å². The van der Waals surface area contributed by atoms with Gasteiger partial charge < -0.3 is 10.5 Å². The molecule has 1 aromatic heterocycles. The number of ether oxygens (including phenoxy) is 1. The van der Waals surface area contributed by atoms with Gasteiger partial charge in [-0.15, -0.1) is 0 Å². The molecule has 1 heterocycles. The van der Waals surface area contributed by atoms with Gasteiger partial charge in [0.2, 0.25) is 0 Å². The van der Waals surface area contributed by atoms with Crippen molar-refractivity contribution in [1.82, 2.24) is 4.98 Å². The molecule has 0 aliphatic heterocycles. The Kier molecular flexibility index (Phi) is 2.69. The standard InChI is InChI=1S/C13H16N2O/c1-8(2)10-7-11-9(6-12(10)16-3)4-5-15-13(11)14/h4-8H,1-3H3,(H2,14,15). The molecule has 84 valence electrons. The molecule has 0 fully saturated rings. The average Bonchev–Trinajstić information content (AvgIpc) is 2.27. The van der Waals surface area contributed by atoms with Crippen molar-refractivity contribution in [2.75, 3.05) is 12.8 Å². The normalized spacial score (nSPS) is 11.0. The molecule has 3 nitrogen and oxygen atoms in total. The Morgan fingerprint density at radius 3 is 2.69 bits per heavy atom. The molecule has 2 N–H and O–H groups in total. The van der Waals surface area contributed by atoms with Crippen molar-refractivity contribution in [2.45, 2.75) is 19.8 Å². The molecule has 2 rings (SSSR count). The number of nitrogens with two attached hydrogens (primary N) is 1. The van der Waals surface area contributed by atoms with Gasteiger partial charge in [0.05, 0.1) is 7.11 Å². The van der Waals surface area contributed by atoms with Crippen molar-refractivity contribution < 1.29 is 4.74 Å². The summed E-state index contributed by atoms with van der Waals surface area (Å²) in [6.07, 6.45) is 1.71. The van der Waals surface area contributed by atoms with Crippen molar-refractivity contribution in [3.63, 3.8) is 0 Å². The van der Waals surface area contributed by atoms with E-state index >= 15 is 0 Å². The van der Waals surface area contributed by atoms with Crippen LogP contribution in [0.3, 0.4) is 0 Å². The predicted octanol–water partition coefficient (Wildman–Crippen LogP) is 2.95. The number of hydrogen-bond acceptors (Lipinski definition) is 3. The molecule has 0 spiro atoms. The summed E-state index contributed by atoms with van der Waals surface area (Å²) >= 11 is 0. The van der Waals surface area contributed by atoms with Gasteiger partial charge in [-0.1, -0.05) is 13.8 Å². The summed E-state index contributed by atoms with van der Waals surface area (Å²) in [5.41, 5.74) is 7.03. The fourth-order valence-corrected chi connectivity index (χ4v) is 1.87. The van der Waals surface area contributed by atoms with Crippen molar-refractivity contribution in [1.29, 1.82) is 0 Å². The van der Waals surface area contributed by atoms with E-state index in [0.717, 1.165) is 22.1 Å². The van der Waals surface area contributed by atoms with Crippen LogP contribution < -0.4 is 10.5 Å². The van der Waals surface area contributed by atoms with Crippen LogP contribution in [-0.2, 0) is 0 Å². The molecule has 0 radical (unpaired) electrons. The Morgan fingerprint density at radius 2 is 2.06 bits per heavy atom. The van der Waals surface area contributed by atoms with Crippen LogP contribution in [0.1, 0.15) is 25.3 Å². The minimum Gasteiger partial charge on any atom is -0.496 e. The number of anilines is 1. The van der Waals surface area contributed by atoms with Crippen molar-refractivity contribution in [3.8, 4) is 5.75 Å².